The van der Waals surface area contributed by atoms with E-state index in [-0.39, 0.29) is 18.8 Å². The number of hydrogen-bond acceptors (Lipinski definition) is 5. The van der Waals surface area contributed by atoms with Crippen molar-refractivity contribution in [3.8, 4) is 6.07 Å². The molecule has 5 nitrogen and oxygen atoms in total. The number of carbonyl (C=O) groups is 2. The molecule has 5 atom stereocenters. The molecule has 0 amide bonds. The quantitative estimate of drug-likeness (QED) is 0.221. The minimum atomic E-state index is -1.80. The normalized spacial score (nSPS) is 25.9. The lowest BCUT2D eigenvalue weighted by molar-refractivity contribution is -0.164. The molecule has 5 rings (SSSR count). The molecular weight excluding hydrogens is 498 g/mol. The van der Waals surface area contributed by atoms with E-state index < -0.39 is 34.7 Å². The van der Waals surface area contributed by atoms with Crippen molar-refractivity contribution in [1.82, 2.24) is 0 Å². The van der Waals surface area contributed by atoms with Gasteiger partial charge in [-0.2, -0.15) is 5.26 Å². The number of esters is 1. The topological polar surface area (TPSA) is 87.4 Å². The van der Waals surface area contributed by atoms with E-state index in [1.807, 2.05) is 84.9 Å². The molecule has 200 valence electrons. The lowest BCUT2D eigenvalue weighted by Crippen LogP contribution is -2.59. The lowest BCUT2D eigenvalue weighted by Gasteiger charge is -2.54. The summed E-state index contributed by atoms with van der Waals surface area (Å²) in [6.45, 7) is 1.78. The summed E-state index contributed by atoms with van der Waals surface area (Å²) < 4.78 is 5.63. The first-order chi connectivity index (χ1) is 19.5. The molecule has 5 heteroatoms. The molecule has 0 radical (unpaired) electrons. The summed E-state index contributed by atoms with van der Waals surface area (Å²) in [5, 5.41) is 23.9. The predicted octanol–water partition coefficient (Wildman–Crippen LogP) is 6.42. The highest BCUT2D eigenvalue weighted by Gasteiger charge is 2.67. The summed E-state index contributed by atoms with van der Waals surface area (Å²) in [5.41, 5.74) is -1.21. The molecule has 1 N–H and O–H groups in total. The number of benzene rings is 4. The fourth-order valence-corrected chi connectivity index (χ4v) is 6.42. The van der Waals surface area contributed by atoms with Gasteiger partial charge in [-0.05, 0) is 30.0 Å². The van der Waals surface area contributed by atoms with Gasteiger partial charge in [-0.25, -0.2) is 0 Å². The van der Waals surface area contributed by atoms with E-state index in [4.69, 9.17) is 4.74 Å². The fourth-order valence-electron chi connectivity index (χ4n) is 6.42. The maximum atomic E-state index is 14.6. The molecule has 40 heavy (non-hydrogen) atoms. The van der Waals surface area contributed by atoms with Gasteiger partial charge in [0, 0.05) is 17.4 Å². The van der Waals surface area contributed by atoms with Gasteiger partial charge < -0.3 is 9.84 Å². The summed E-state index contributed by atoms with van der Waals surface area (Å²) in [6, 6.07) is 38.7. The number of aliphatic hydroxyl groups is 1. The summed E-state index contributed by atoms with van der Waals surface area (Å²) in [6.07, 6.45) is -0.0278. The Hall–Kier alpha value is -4.53. The number of ketones is 1. The van der Waals surface area contributed by atoms with Crippen LogP contribution in [0.5, 0.6) is 0 Å². The van der Waals surface area contributed by atoms with Crippen LogP contribution in [0, 0.1) is 22.7 Å². The van der Waals surface area contributed by atoms with Crippen LogP contribution in [0.3, 0.4) is 0 Å². The molecule has 0 aromatic heterocycles. The third-order valence-corrected chi connectivity index (χ3v) is 8.18. The van der Waals surface area contributed by atoms with Crippen LogP contribution in [0.15, 0.2) is 121 Å². The molecule has 4 aromatic rings. The molecule has 1 aliphatic carbocycles. The van der Waals surface area contributed by atoms with Gasteiger partial charge in [0.1, 0.15) is 5.60 Å². The third kappa shape index (κ3) is 4.51. The van der Waals surface area contributed by atoms with Gasteiger partial charge in [-0.15, -0.1) is 0 Å². The number of nitrogens with zero attached hydrogens (tertiary/aromatic N) is 1. The second-order valence-corrected chi connectivity index (χ2v) is 10.3. The van der Waals surface area contributed by atoms with Crippen LogP contribution >= 0.6 is 0 Å². The molecule has 1 saturated carbocycles. The van der Waals surface area contributed by atoms with Crippen molar-refractivity contribution in [1.29, 1.82) is 5.26 Å². The molecule has 0 spiro atoms. The Labute approximate surface area is 234 Å². The molecule has 1 aliphatic rings. The highest BCUT2D eigenvalue weighted by atomic mass is 16.5. The predicted molar refractivity (Wildman–Crippen MR) is 152 cm³/mol. The zero-order valence-corrected chi connectivity index (χ0v) is 22.3. The Morgan fingerprint density at radius 1 is 0.825 bits per heavy atom. The van der Waals surface area contributed by atoms with Crippen molar-refractivity contribution in [3.05, 3.63) is 144 Å². The van der Waals surface area contributed by atoms with Crippen molar-refractivity contribution in [2.45, 2.75) is 30.8 Å². The maximum Gasteiger partial charge on any atom is 0.327 e. The fraction of sp³-hybridized carbons (Fsp3) is 0.229. The van der Waals surface area contributed by atoms with E-state index in [2.05, 4.69) is 6.07 Å². The summed E-state index contributed by atoms with van der Waals surface area (Å²) in [7, 11) is 0. The number of nitriles is 1. The van der Waals surface area contributed by atoms with Gasteiger partial charge in [0.25, 0.3) is 0 Å². The van der Waals surface area contributed by atoms with Gasteiger partial charge in [0.2, 0.25) is 0 Å². The number of Topliss-reactive ketones (excluding diaryl/α,β-unsaturated/α-hetero) is 1. The first-order valence-electron chi connectivity index (χ1n) is 13.5. The van der Waals surface area contributed by atoms with Crippen molar-refractivity contribution in [2.75, 3.05) is 6.61 Å². The molecule has 0 heterocycles. The van der Waals surface area contributed by atoms with E-state index in [0.29, 0.717) is 16.7 Å². The zero-order valence-electron chi connectivity index (χ0n) is 22.3. The average Bonchev–Trinajstić information content (AvgIpc) is 3.02. The van der Waals surface area contributed by atoms with E-state index >= 15 is 0 Å². The Kier molecular flexibility index (Phi) is 7.64. The largest absolute Gasteiger partial charge is 0.465 e. The van der Waals surface area contributed by atoms with E-state index in [1.54, 1.807) is 43.3 Å². The van der Waals surface area contributed by atoms with Gasteiger partial charge in [0.15, 0.2) is 11.2 Å². The molecule has 0 bridgehead atoms. The van der Waals surface area contributed by atoms with Crippen molar-refractivity contribution in [3.63, 3.8) is 0 Å². The summed E-state index contributed by atoms with van der Waals surface area (Å²) >= 11 is 0. The number of rotatable bonds is 7. The van der Waals surface area contributed by atoms with Crippen LogP contribution in [0.2, 0.25) is 0 Å². The summed E-state index contributed by atoms with van der Waals surface area (Å²) in [4.78, 5) is 28.7. The maximum absolute atomic E-state index is 14.6. The Bertz CT molecular complexity index is 1500. The minimum absolute atomic E-state index is 0.0278. The minimum Gasteiger partial charge on any atom is -0.465 e. The first-order valence-corrected chi connectivity index (χ1v) is 13.5. The summed E-state index contributed by atoms with van der Waals surface area (Å²) in [5.74, 6) is -3.98. The zero-order chi connectivity index (χ0) is 28.2. The Morgan fingerprint density at radius 2 is 1.32 bits per heavy atom. The lowest BCUT2D eigenvalue weighted by atomic mass is 9.47. The molecule has 0 saturated heterocycles. The number of hydrogen-bond donors (Lipinski definition) is 1. The average molecular weight is 530 g/mol. The highest BCUT2D eigenvalue weighted by Crippen LogP contribution is 2.63. The monoisotopic (exact) mass is 529 g/mol. The van der Waals surface area contributed by atoms with Gasteiger partial charge in [-0.3, -0.25) is 9.59 Å². The number of carbonyl (C=O) groups excluding carboxylic acids is 2. The van der Waals surface area contributed by atoms with Crippen LogP contribution in [-0.4, -0.2) is 23.5 Å². The molecule has 1 fully saturated rings. The smallest absolute Gasteiger partial charge is 0.327 e. The number of ether oxygens (including phenoxy) is 1. The second-order valence-electron chi connectivity index (χ2n) is 10.3. The van der Waals surface area contributed by atoms with Crippen LogP contribution in [-0.2, 0) is 15.1 Å². The first kappa shape index (κ1) is 27.1. The van der Waals surface area contributed by atoms with Gasteiger partial charge in [0.05, 0.1) is 18.6 Å². The van der Waals surface area contributed by atoms with Crippen molar-refractivity contribution < 1.29 is 19.4 Å². The Morgan fingerprint density at radius 3 is 1.85 bits per heavy atom. The van der Waals surface area contributed by atoms with Gasteiger partial charge >= 0.3 is 5.97 Å². The van der Waals surface area contributed by atoms with Gasteiger partial charge in [-0.1, -0.05) is 121 Å². The van der Waals surface area contributed by atoms with Crippen molar-refractivity contribution in [2.24, 2.45) is 11.3 Å². The molecular formula is C35H31NO4. The van der Waals surface area contributed by atoms with Crippen LogP contribution < -0.4 is 0 Å². The van der Waals surface area contributed by atoms with E-state index in [9.17, 15) is 20.0 Å². The highest BCUT2D eigenvalue weighted by molar-refractivity contribution is 6.00. The van der Waals surface area contributed by atoms with Crippen LogP contribution in [0.25, 0.3) is 0 Å². The standard InChI is InChI=1S/C35H31NO4/c1-2-40-33(38)34(24-36)29(25-15-7-3-8-16-25)23-35(39,28-21-13-6-14-22-28)31(30(34)26-17-9-4-10-18-26)32(37)27-19-11-5-12-20-27/h3-22,29-31,39H,2,23H2,1H3/t29-,30-,31-,34-,35-/m0/s1. The third-order valence-electron chi connectivity index (χ3n) is 8.18. The molecule has 0 unspecified atom stereocenters. The van der Waals surface area contributed by atoms with Crippen LogP contribution in [0.1, 0.15) is 52.2 Å². The van der Waals surface area contributed by atoms with E-state index in [1.165, 1.54) is 0 Å². The molecule has 0 aliphatic heterocycles. The SMILES string of the molecule is CCOC(=O)[C@@]1(C#N)[C@H](c2ccccc2)C[C@](O)(c2ccccc2)[C@H](C(=O)c2ccccc2)[C@@H]1c1ccccc1. The second kappa shape index (κ2) is 11.3. The Balaban J connectivity index is 1.88. The van der Waals surface area contributed by atoms with E-state index in [0.717, 1.165) is 5.56 Å². The van der Waals surface area contributed by atoms with Crippen molar-refractivity contribution >= 4 is 11.8 Å². The molecule has 4 aromatic carbocycles. The van der Waals surface area contributed by atoms with Crippen LogP contribution in [0.4, 0.5) is 0 Å².